The molecule has 0 heterocycles. The molecule has 0 bridgehead atoms. The fraction of sp³-hybridized carbons (Fsp3) is 0.867. The second-order valence-electron chi connectivity index (χ2n) is 6.51. The Bertz CT molecular complexity index is 481. The molecular weight excluding hydrogens is 367 g/mol. The molecule has 0 aromatic carbocycles. The molecule has 0 saturated heterocycles. The van der Waals surface area contributed by atoms with Crippen molar-refractivity contribution in [2.45, 2.75) is 66.2 Å². The zero-order valence-electron chi connectivity index (χ0n) is 16.1. The molecule has 25 heavy (non-hydrogen) atoms. The van der Waals surface area contributed by atoms with E-state index in [0.29, 0.717) is 5.75 Å². The highest BCUT2D eigenvalue weighted by molar-refractivity contribution is 8.56. The van der Waals surface area contributed by atoms with Gasteiger partial charge in [0, 0.05) is 12.3 Å². The fourth-order valence-corrected chi connectivity index (χ4v) is 5.35. The van der Waals surface area contributed by atoms with E-state index in [4.69, 9.17) is 14.0 Å². The predicted molar refractivity (Wildman–Crippen MR) is 99.8 cm³/mol. The Morgan fingerprint density at radius 1 is 1.20 bits per heavy atom. The quantitative estimate of drug-likeness (QED) is 0.328. The lowest BCUT2D eigenvalue weighted by Crippen LogP contribution is -2.35. The molecule has 10 heteroatoms. The van der Waals surface area contributed by atoms with E-state index in [-0.39, 0.29) is 19.3 Å². The van der Waals surface area contributed by atoms with E-state index >= 15 is 0 Å². The first-order chi connectivity index (χ1) is 11.4. The second-order valence-corrected chi connectivity index (χ2v) is 10.9. The highest BCUT2D eigenvalue weighted by Crippen LogP contribution is 2.56. The molecule has 0 aliphatic carbocycles. The number of amides is 1. The van der Waals surface area contributed by atoms with Gasteiger partial charge in [-0.2, -0.15) is 0 Å². The van der Waals surface area contributed by atoms with Crippen LogP contribution >= 0.6 is 18.1 Å². The Balaban J connectivity index is 4.45. The third-order valence-electron chi connectivity index (χ3n) is 2.39. The number of esters is 1. The number of carbonyl (C=O) groups excluding carboxylic acids is 2. The molecule has 0 aromatic rings. The second kappa shape index (κ2) is 11.1. The minimum absolute atomic E-state index is 0.225. The maximum Gasteiger partial charge on any atom is 0.407 e. The molecule has 0 unspecified atom stereocenters. The van der Waals surface area contributed by atoms with Gasteiger partial charge in [0.05, 0.1) is 12.7 Å². The van der Waals surface area contributed by atoms with E-state index in [1.165, 1.54) is 0 Å². The largest absolute Gasteiger partial charge is 0.462 e. The molecule has 148 valence electrons. The Morgan fingerprint density at radius 2 is 1.80 bits per heavy atom. The summed E-state index contributed by atoms with van der Waals surface area (Å²) in [6.07, 6.45) is -0.796. The lowest BCUT2D eigenvalue weighted by molar-refractivity contribution is -0.149. The summed E-state index contributed by atoms with van der Waals surface area (Å²) in [6, 6.07) is -0.772. The van der Waals surface area contributed by atoms with Crippen molar-refractivity contribution < 1.29 is 28.2 Å². The van der Waals surface area contributed by atoms with Crippen LogP contribution in [0.5, 0.6) is 0 Å². The summed E-state index contributed by atoms with van der Waals surface area (Å²) >= 11 is 1.02. The predicted octanol–water partition coefficient (Wildman–Crippen LogP) is 3.32. The molecular formula is C15H31N2O6PS. The van der Waals surface area contributed by atoms with Gasteiger partial charge in [0.15, 0.2) is 0 Å². The summed E-state index contributed by atoms with van der Waals surface area (Å²) < 4.78 is 28.3. The molecule has 2 atom stereocenters. The number of nitrogens with one attached hydrogen (secondary N) is 2. The van der Waals surface area contributed by atoms with Crippen molar-refractivity contribution >= 4 is 30.2 Å². The minimum atomic E-state index is -3.30. The number of hydrogen-bond acceptors (Lipinski definition) is 7. The molecule has 0 spiro atoms. The van der Waals surface area contributed by atoms with Crippen LogP contribution in [0.15, 0.2) is 0 Å². The van der Waals surface area contributed by atoms with Crippen molar-refractivity contribution in [2.24, 2.45) is 0 Å². The molecule has 0 fully saturated rings. The topological polar surface area (TPSA) is 103 Å². The van der Waals surface area contributed by atoms with Crippen LogP contribution < -0.4 is 10.4 Å². The molecule has 0 rings (SSSR count). The third kappa shape index (κ3) is 12.3. The summed E-state index contributed by atoms with van der Waals surface area (Å²) in [5.74, 6) is -0.169. The summed E-state index contributed by atoms with van der Waals surface area (Å²) in [7, 11) is 0. The normalized spacial score (nSPS) is 15.4. The van der Waals surface area contributed by atoms with Crippen molar-refractivity contribution in [1.82, 2.24) is 10.4 Å². The van der Waals surface area contributed by atoms with Gasteiger partial charge in [-0.15, -0.1) is 0 Å². The van der Waals surface area contributed by atoms with Crippen molar-refractivity contribution in [2.75, 3.05) is 18.9 Å². The number of alkyl carbamates (subject to hydrolysis) is 1. The van der Waals surface area contributed by atoms with Crippen LogP contribution in [0.4, 0.5) is 4.79 Å². The Morgan fingerprint density at radius 3 is 2.28 bits per heavy atom. The summed E-state index contributed by atoms with van der Waals surface area (Å²) in [5.41, 5.74) is -0.578. The highest BCUT2D eigenvalue weighted by atomic mass is 32.7. The van der Waals surface area contributed by atoms with Gasteiger partial charge in [-0.05, 0) is 48.5 Å². The van der Waals surface area contributed by atoms with Crippen LogP contribution in [-0.4, -0.2) is 48.7 Å². The third-order valence-corrected chi connectivity index (χ3v) is 6.62. The van der Waals surface area contributed by atoms with Gasteiger partial charge in [0.25, 0.3) is 0 Å². The van der Waals surface area contributed by atoms with Crippen LogP contribution in [0.3, 0.4) is 0 Å². The van der Waals surface area contributed by atoms with E-state index in [0.717, 1.165) is 11.4 Å². The molecule has 0 saturated carbocycles. The number of rotatable bonds is 10. The maximum absolute atomic E-state index is 12.8. The number of ether oxygens (including phenoxy) is 2. The zero-order valence-corrected chi connectivity index (χ0v) is 17.8. The molecule has 2 N–H and O–H groups in total. The van der Waals surface area contributed by atoms with Gasteiger partial charge >= 0.3 is 18.8 Å². The fourth-order valence-electron chi connectivity index (χ4n) is 1.54. The Hall–Kier alpha value is -0.760. The first-order valence-electron chi connectivity index (χ1n) is 8.23. The molecule has 1 amide bonds. The van der Waals surface area contributed by atoms with Crippen LogP contribution in [0.1, 0.15) is 48.5 Å². The van der Waals surface area contributed by atoms with Crippen LogP contribution in [0, 0.1) is 0 Å². The van der Waals surface area contributed by atoms with Gasteiger partial charge in [-0.1, -0.05) is 11.4 Å². The lowest BCUT2D eigenvalue weighted by Gasteiger charge is -2.23. The van der Waals surface area contributed by atoms with E-state index in [1.807, 2.05) is 0 Å². The smallest absolute Gasteiger partial charge is 0.407 e. The van der Waals surface area contributed by atoms with E-state index in [9.17, 15) is 14.2 Å². The van der Waals surface area contributed by atoms with Crippen LogP contribution in [0.2, 0.25) is 0 Å². The van der Waals surface area contributed by atoms with Gasteiger partial charge in [0.2, 0.25) is 0 Å². The number of hydrogen-bond donors (Lipinski definition) is 2. The molecule has 0 aromatic heterocycles. The highest BCUT2D eigenvalue weighted by Gasteiger charge is 2.29. The first-order valence-corrected chi connectivity index (χ1v) is 11.4. The van der Waals surface area contributed by atoms with Crippen LogP contribution in [0.25, 0.3) is 0 Å². The molecule has 0 radical (unpaired) electrons. The monoisotopic (exact) mass is 398 g/mol. The van der Waals surface area contributed by atoms with Gasteiger partial charge in [-0.25, -0.2) is 9.88 Å². The standard InChI is InChI=1S/C15H31N2O6PS/c1-8-21-24(20,17-12(4)13(18)22-11(2)3)25-10-9-16-14(19)23-15(5,6)7/h11-12H,8-10H2,1-7H3,(H,16,19)(H,17,20)/t12-,24+/m0/s1. The molecule has 8 nitrogen and oxygen atoms in total. The Kier molecular flexibility index (Phi) is 10.7. The Labute approximate surface area is 154 Å². The molecule has 0 aliphatic heterocycles. The van der Waals surface area contributed by atoms with Crippen LogP contribution in [-0.2, 0) is 23.4 Å². The summed E-state index contributed by atoms with van der Waals surface area (Å²) in [6.45, 7) is 9.25. The lowest BCUT2D eigenvalue weighted by atomic mass is 10.2. The van der Waals surface area contributed by atoms with E-state index < -0.39 is 30.4 Å². The van der Waals surface area contributed by atoms with E-state index in [2.05, 4.69) is 10.4 Å². The van der Waals surface area contributed by atoms with E-state index in [1.54, 1.807) is 48.5 Å². The summed E-state index contributed by atoms with van der Waals surface area (Å²) in [5, 5.41) is 5.28. The number of carbonyl (C=O) groups is 2. The average molecular weight is 398 g/mol. The van der Waals surface area contributed by atoms with Gasteiger partial charge in [-0.3, -0.25) is 9.36 Å². The zero-order chi connectivity index (χ0) is 19.7. The van der Waals surface area contributed by atoms with Gasteiger partial charge in [0.1, 0.15) is 11.6 Å². The first kappa shape index (κ1) is 24.2. The minimum Gasteiger partial charge on any atom is -0.462 e. The van der Waals surface area contributed by atoms with Crippen molar-refractivity contribution in [3.05, 3.63) is 0 Å². The average Bonchev–Trinajstić information content (AvgIpc) is 2.41. The SMILES string of the molecule is CCO[P@](=O)(N[C@@H](C)C(=O)OC(C)C)SCCNC(=O)OC(C)(C)C. The van der Waals surface area contributed by atoms with Crippen molar-refractivity contribution in [1.29, 1.82) is 0 Å². The van der Waals surface area contributed by atoms with Crippen molar-refractivity contribution in [3.8, 4) is 0 Å². The van der Waals surface area contributed by atoms with Crippen molar-refractivity contribution in [3.63, 3.8) is 0 Å². The summed E-state index contributed by atoms with van der Waals surface area (Å²) in [4.78, 5) is 23.4. The van der Waals surface area contributed by atoms with Gasteiger partial charge < -0.3 is 19.3 Å². The maximum atomic E-state index is 12.8. The molecule has 0 aliphatic rings.